The SMILES string of the molecule is CCc1cnc2cc(Cl)ccc2c1C(=O)O. The van der Waals surface area contributed by atoms with E-state index in [0.29, 0.717) is 27.9 Å². The number of hydrogen-bond donors (Lipinski definition) is 1. The highest BCUT2D eigenvalue weighted by atomic mass is 35.5. The van der Waals surface area contributed by atoms with Crippen LogP contribution in [0.3, 0.4) is 0 Å². The van der Waals surface area contributed by atoms with Gasteiger partial charge in [0.05, 0.1) is 11.1 Å². The average Bonchev–Trinajstić information content (AvgIpc) is 2.26. The van der Waals surface area contributed by atoms with Crippen molar-refractivity contribution in [3.05, 3.63) is 40.5 Å². The molecule has 1 aromatic carbocycles. The molecule has 0 atom stereocenters. The summed E-state index contributed by atoms with van der Waals surface area (Å²) in [6.07, 6.45) is 2.25. The quantitative estimate of drug-likeness (QED) is 0.870. The Balaban J connectivity index is 2.84. The lowest BCUT2D eigenvalue weighted by Gasteiger charge is -2.07. The van der Waals surface area contributed by atoms with Crippen LogP contribution in [0.2, 0.25) is 5.02 Å². The number of carboxylic acid groups (broad SMARTS) is 1. The number of carbonyl (C=O) groups is 1. The number of fused-ring (bicyclic) bond motifs is 1. The molecule has 0 spiro atoms. The molecular weight excluding hydrogens is 226 g/mol. The standard InChI is InChI=1S/C12H10ClNO2/c1-2-7-6-14-10-5-8(13)3-4-9(10)11(7)12(15)16/h3-6H,2H2,1H3,(H,15,16). The lowest BCUT2D eigenvalue weighted by atomic mass is 10.0. The molecule has 0 unspecified atom stereocenters. The third-order valence-electron chi connectivity index (χ3n) is 2.50. The van der Waals surface area contributed by atoms with E-state index in [1.165, 1.54) is 0 Å². The van der Waals surface area contributed by atoms with E-state index in [4.69, 9.17) is 11.6 Å². The van der Waals surface area contributed by atoms with Gasteiger partial charge in [0, 0.05) is 16.6 Å². The highest BCUT2D eigenvalue weighted by Crippen LogP contribution is 2.23. The van der Waals surface area contributed by atoms with Crippen molar-refractivity contribution in [3.63, 3.8) is 0 Å². The first-order valence-electron chi connectivity index (χ1n) is 4.94. The maximum atomic E-state index is 11.2. The monoisotopic (exact) mass is 235 g/mol. The molecule has 1 heterocycles. The van der Waals surface area contributed by atoms with Crippen LogP contribution < -0.4 is 0 Å². The van der Waals surface area contributed by atoms with Gasteiger partial charge in [0.25, 0.3) is 0 Å². The summed E-state index contributed by atoms with van der Waals surface area (Å²) >= 11 is 5.84. The van der Waals surface area contributed by atoms with Gasteiger partial charge >= 0.3 is 5.97 Å². The molecule has 2 rings (SSSR count). The van der Waals surface area contributed by atoms with Crippen LogP contribution in [0.4, 0.5) is 0 Å². The molecule has 16 heavy (non-hydrogen) atoms. The van der Waals surface area contributed by atoms with Crippen LogP contribution in [0.5, 0.6) is 0 Å². The molecule has 0 aliphatic carbocycles. The van der Waals surface area contributed by atoms with Crippen LogP contribution in [0, 0.1) is 0 Å². The molecule has 82 valence electrons. The van der Waals surface area contributed by atoms with Gasteiger partial charge in [0.1, 0.15) is 0 Å². The molecule has 0 aliphatic rings. The Hall–Kier alpha value is -1.61. The Kier molecular flexibility index (Phi) is 2.79. The summed E-state index contributed by atoms with van der Waals surface area (Å²) in [4.78, 5) is 15.4. The molecule has 0 aliphatic heterocycles. The molecule has 0 radical (unpaired) electrons. The zero-order chi connectivity index (χ0) is 11.7. The summed E-state index contributed by atoms with van der Waals surface area (Å²) in [5, 5.41) is 10.4. The Morgan fingerprint density at radius 3 is 2.88 bits per heavy atom. The number of carboxylic acids is 1. The van der Waals surface area contributed by atoms with E-state index in [1.54, 1.807) is 24.4 Å². The lowest BCUT2D eigenvalue weighted by Crippen LogP contribution is -2.04. The first kappa shape index (κ1) is 10.9. The number of aryl methyl sites for hydroxylation is 1. The topological polar surface area (TPSA) is 50.2 Å². The van der Waals surface area contributed by atoms with Crippen LogP contribution in [-0.4, -0.2) is 16.1 Å². The van der Waals surface area contributed by atoms with Crippen LogP contribution in [0.25, 0.3) is 10.9 Å². The molecular formula is C12H10ClNO2. The number of halogens is 1. The summed E-state index contributed by atoms with van der Waals surface area (Å²) in [6.45, 7) is 1.91. The van der Waals surface area contributed by atoms with E-state index in [1.807, 2.05) is 6.92 Å². The minimum Gasteiger partial charge on any atom is -0.478 e. The van der Waals surface area contributed by atoms with Crippen molar-refractivity contribution in [1.82, 2.24) is 4.98 Å². The van der Waals surface area contributed by atoms with Gasteiger partial charge in [-0.3, -0.25) is 4.98 Å². The van der Waals surface area contributed by atoms with Crippen molar-refractivity contribution >= 4 is 28.5 Å². The van der Waals surface area contributed by atoms with E-state index in [2.05, 4.69) is 4.98 Å². The van der Waals surface area contributed by atoms with E-state index < -0.39 is 5.97 Å². The first-order valence-corrected chi connectivity index (χ1v) is 5.31. The van der Waals surface area contributed by atoms with Crippen LogP contribution in [-0.2, 0) is 6.42 Å². The third kappa shape index (κ3) is 1.74. The van der Waals surface area contributed by atoms with Crippen molar-refractivity contribution in [2.24, 2.45) is 0 Å². The van der Waals surface area contributed by atoms with E-state index in [0.717, 1.165) is 5.56 Å². The van der Waals surface area contributed by atoms with Gasteiger partial charge in [-0.25, -0.2) is 4.79 Å². The number of rotatable bonds is 2. The van der Waals surface area contributed by atoms with Crippen LogP contribution in [0.1, 0.15) is 22.8 Å². The zero-order valence-corrected chi connectivity index (χ0v) is 9.45. The second-order valence-corrected chi connectivity index (χ2v) is 3.92. The normalized spacial score (nSPS) is 10.6. The largest absolute Gasteiger partial charge is 0.478 e. The van der Waals surface area contributed by atoms with Gasteiger partial charge in [-0.15, -0.1) is 0 Å². The number of hydrogen-bond acceptors (Lipinski definition) is 2. The van der Waals surface area contributed by atoms with Crippen molar-refractivity contribution in [1.29, 1.82) is 0 Å². The van der Waals surface area contributed by atoms with Gasteiger partial charge in [-0.05, 0) is 24.1 Å². The highest BCUT2D eigenvalue weighted by Gasteiger charge is 2.14. The third-order valence-corrected chi connectivity index (χ3v) is 2.74. The minimum absolute atomic E-state index is 0.323. The van der Waals surface area contributed by atoms with Crippen molar-refractivity contribution < 1.29 is 9.90 Å². The van der Waals surface area contributed by atoms with E-state index >= 15 is 0 Å². The molecule has 0 fully saturated rings. The molecule has 2 aromatic rings. The Bertz CT molecular complexity index is 566. The molecule has 0 saturated heterocycles. The molecule has 1 N–H and O–H groups in total. The van der Waals surface area contributed by atoms with Crippen molar-refractivity contribution in [2.45, 2.75) is 13.3 Å². The Morgan fingerprint density at radius 2 is 2.25 bits per heavy atom. The van der Waals surface area contributed by atoms with Gasteiger partial charge < -0.3 is 5.11 Å². The number of aromatic carboxylic acids is 1. The van der Waals surface area contributed by atoms with Gasteiger partial charge in [0.15, 0.2) is 0 Å². The molecule has 0 saturated carbocycles. The predicted molar refractivity (Wildman–Crippen MR) is 63.1 cm³/mol. The van der Waals surface area contributed by atoms with E-state index in [9.17, 15) is 9.90 Å². The zero-order valence-electron chi connectivity index (χ0n) is 8.70. The first-order chi connectivity index (χ1) is 7.63. The maximum Gasteiger partial charge on any atom is 0.336 e. The van der Waals surface area contributed by atoms with Gasteiger partial charge in [-0.1, -0.05) is 24.6 Å². The number of pyridine rings is 1. The number of aromatic nitrogens is 1. The fourth-order valence-corrected chi connectivity index (χ4v) is 1.89. The molecule has 4 heteroatoms. The van der Waals surface area contributed by atoms with Crippen LogP contribution >= 0.6 is 11.6 Å². The molecule has 0 amide bonds. The average molecular weight is 236 g/mol. The second kappa shape index (κ2) is 4.10. The summed E-state index contributed by atoms with van der Waals surface area (Å²) in [7, 11) is 0. The molecule has 1 aromatic heterocycles. The summed E-state index contributed by atoms with van der Waals surface area (Å²) in [6, 6.07) is 5.05. The fourth-order valence-electron chi connectivity index (χ4n) is 1.73. The maximum absolute atomic E-state index is 11.2. The van der Waals surface area contributed by atoms with Crippen molar-refractivity contribution in [3.8, 4) is 0 Å². The second-order valence-electron chi connectivity index (χ2n) is 3.48. The summed E-state index contributed by atoms with van der Waals surface area (Å²) in [5.41, 5.74) is 1.67. The number of nitrogens with zero attached hydrogens (tertiary/aromatic N) is 1. The highest BCUT2D eigenvalue weighted by molar-refractivity contribution is 6.31. The van der Waals surface area contributed by atoms with Gasteiger partial charge in [0.2, 0.25) is 0 Å². The fraction of sp³-hybridized carbons (Fsp3) is 0.167. The predicted octanol–water partition coefficient (Wildman–Crippen LogP) is 3.15. The van der Waals surface area contributed by atoms with E-state index in [-0.39, 0.29) is 0 Å². The Morgan fingerprint density at radius 1 is 1.50 bits per heavy atom. The summed E-state index contributed by atoms with van der Waals surface area (Å²) in [5.74, 6) is -0.924. The lowest BCUT2D eigenvalue weighted by molar-refractivity contribution is 0.0698. The summed E-state index contributed by atoms with van der Waals surface area (Å²) < 4.78 is 0. The smallest absolute Gasteiger partial charge is 0.336 e. The Labute approximate surface area is 97.7 Å². The van der Waals surface area contributed by atoms with Gasteiger partial charge in [-0.2, -0.15) is 0 Å². The van der Waals surface area contributed by atoms with Crippen LogP contribution in [0.15, 0.2) is 24.4 Å². The molecule has 0 bridgehead atoms. The molecule has 3 nitrogen and oxygen atoms in total. The number of benzene rings is 1. The minimum atomic E-state index is -0.924. The van der Waals surface area contributed by atoms with Crippen molar-refractivity contribution in [2.75, 3.05) is 0 Å².